The second kappa shape index (κ2) is 7.93. The summed E-state index contributed by atoms with van der Waals surface area (Å²) in [5.74, 6) is 0.0667. The van der Waals surface area contributed by atoms with E-state index in [0.29, 0.717) is 37.1 Å². The molecule has 0 aliphatic carbocycles. The average molecular weight is 391 g/mol. The number of nitrogens with one attached hydrogen (secondary N) is 1. The molecule has 0 saturated carbocycles. The van der Waals surface area contributed by atoms with Crippen molar-refractivity contribution in [2.75, 3.05) is 12.4 Å². The molecule has 0 unspecified atom stereocenters. The third kappa shape index (κ3) is 4.79. The predicted octanol–water partition coefficient (Wildman–Crippen LogP) is 5.96. The topological polar surface area (TPSA) is 38.3 Å². The van der Waals surface area contributed by atoms with Crippen LogP contribution in [0.5, 0.6) is 5.75 Å². The summed E-state index contributed by atoms with van der Waals surface area (Å²) in [5.41, 5.74) is 1.05. The highest BCUT2D eigenvalue weighted by Crippen LogP contribution is 2.33. The van der Waals surface area contributed by atoms with E-state index in [2.05, 4.69) is 5.32 Å². The lowest BCUT2D eigenvalue weighted by Crippen LogP contribution is -2.08. The Hall–Kier alpha value is -1.39. The molecule has 2 aromatic carbocycles. The quantitative estimate of drug-likeness (QED) is 0.654. The summed E-state index contributed by atoms with van der Waals surface area (Å²) >= 11 is 23.8. The zero-order chi connectivity index (χ0) is 17.0. The van der Waals surface area contributed by atoms with Crippen molar-refractivity contribution in [2.45, 2.75) is 0 Å². The SMILES string of the molecule is COc1c(Cl)cc(Cl)cc1/C=C/C(=O)Nc1ccc(Cl)cc1Cl. The molecule has 0 fully saturated rings. The van der Waals surface area contributed by atoms with E-state index in [1.807, 2.05) is 0 Å². The molecule has 0 aliphatic rings. The van der Waals surface area contributed by atoms with E-state index in [4.69, 9.17) is 51.1 Å². The fourth-order valence-corrected chi connectivity index (χ4v) is 2.89. The van der Waals surface area contributed by atoms with Gasteiger partial charge in [-0.1, -0.05) is 46.4 Å². The highest BCUT2D eigenvalue weighted by atomic mass is 35.5. The van der Waals surface area contributed by atoms with Crippen molar-refractivity contribution in [1.82, 2.24) is 0 Å². The third-order valence-electron chi connectivity index (χ3n) is 2.84. The summed E-state index contributed by atoms with van der Waals surface area (Å²) in [6.45, 7) is 0. The molecule has 23 heavy (non-hydrogen) atoms. The van der Waals surface area contributed by atoms with Crippen LogP contribution in [0.2, 0.25) is 20.1 Å². The Morgan fingerprint density at radius 2 is 1.74 bits per heavy atom. The predicted molar refractivity (Wildman–Crippen MR) is 97.1 cm³/mol. The Morgan fingerprint density at radius 3 is 2.39 bits per heavy atom. The first-order chi connectivity index (χ1) is 10.9. The molecular formula is C16H11Cl4NO2. The summed E-state index contributed by atoms with van der Waals surface area (Å²) in [6.07, 6.45) is 2.88. The van der Waals surface area contributed by atoms with Gasteiger partial charge in [-0.2, -0.15) is 0 Å². The van der Waals surface area contributed by atoms with Crippen molar-refractivity contribution in [3.8, 4) is 5.75 Å². The van der Waals surface area contributed by atoms with Crippen LogP contribution in [0.4, 0.5) is 5.69 Å². The largest absolute Gasteiger partial charge is 0.495 e. The summed E-state index contributed by atoms with van der Waals surface area (Å²) in [5, 5.41) is 4.29. The number of carbonyl (C=O) groups is 1. The van der Waals surface area contributed by atoms with Crippen LogP contribution in [0.1, 0.15) is 5.56 Å². The minimum atomic E-state index is -0.368. The van der Waals surface area contributed by atoms with Gasteiger partial charge in [-0.15, -0.1) is 0 Å². The van der Waals surface area contributed by atoms with Gasteiger partial charge < -0.3 is 10.1 Å². The van der Waals surface area contributed by atoms with Crippen LogP contribution in [0.15, 0.2) is 36.4 Å². The summed E-state index contributed by atoms with van der Waals surface area (Å²) in [6, 6.07) is 8.00. The molecule has 1 N–H and O–H groups in total. The van der Waals surface area contributed by atoms with Crippen molar-refractivity contribution in [1.29, 1.82) is 0 Å². The maximum atomic E-state index is 12.0. The maximum absolute atomic E-state index is 12.0. The molecule has 0 bridgehead atoms. The van der Waals surface area contributed by atoms with E-state index >= 15 is 0 Å². The van der Waals surface area contributed by atoms with Gasteiger partial charge in [-0.25, -0.2) is 0 Å². The molecule has 0 aliphatic heterocycles. The van der Waals surface area contributed by atoms with E-state index in [1.165, 1.54) is 13.2 Å². The first-order valence-corrected chi connectivity index (χ1v) is 7.89. The van der Waals surface area contributed by atoms with Gasteiger partial charge in [0.05, 0.1) is 22.8 Å². The number of rotatable bonds is 4. The molecule has 0 spiro atoms. The number of benzene rings is 2. The van der Waals surface area contributed by atoms with Crippen LogP contribution in [-0.2, 0) is 4.79 Å². The summed E-state index contributed by atoms with van der Waals surface area (Å²) in [7, 11) is 1.49. The molecule has 120 valence electrons. The molecule has 0 saturated heterocycles. The number of carbonyl (C=O) groups excluding carboxylic acids is 1. The Bertz CT molecular complexity index is 775. The van der Waals surface area contributed by atoms with Crippen LogP contribution in [-0.4, -0.2) is 13.0 Å². The number of hydrogen-bond donors (Lipinski definition) is 1. The van der Waals surface area contributed by atoms with Gasteiger partial charge >= 0.3 is 0 Å². The number of anilines is 1. The average Bonchev–Trinajstić information content (AvgIpc) is 2.47. The van der Waals surface area contributed by atoms with Crippen LogP contribution >= 0.6 is 46.4 Å². The minimum Gasteiger partial charge on any atom is -0.495 e. The van der Waals surface area contributed by atoms with E-state index in [0.717, 1.165) is 0 Å². The van der Waals surface area contributed by atoms with E-state index < -0.39 is 0 Å². The Morgan fingerprint density at radius 1 is 1.04 bits per heavy atom. The lowest BCUT2D eigenvalue weighted by atomic mass is 10.2. The number of halogens is 4. The maximum Gasteiger partial charge on any atom is 0.248 e. The van der Waals surface area contributed by atoms with Crippen molar-refractivity contribution in [2.24, 2.45) is 0 Å². The van der Waals surface area contributed by atoms with Gasteiger partial charge in [0.15, 0.2) is 0 Å². The number of amides is 1. The molecule has 7 heteroatoms. The molecule has 0 aromatic heterocycles. The first kappa shape index (κ1) is 18.0. The van der Waals surface area contributed by atoms with Crippen molar-refractivity contribution in [3.63, 3.8) is 0 Å². The zero-order valence-corrected chi connectivity index (χ0v) is 14.9. The van der Waals surface area contributed by atoms with Crippen LogP contribution in [0, 0.1) is 0 Å². The fourth-order valence-electron chi connectivity index (χ4n) is 1.85. The molecule has 0 heterocycles. The molecule has 2 rings (SSSR count). The van der Waals surface area contributed by atoms with Gasteiger partial charge in [0.2, 0.25) is 5.91 Å². The second-order valence-electron chi connectivity index (χ2n) is 4.46. The van der Waals surface area contributed by atoms with Gasteiger partial charge in [-0.05, 0) is 36.4 Å². The Kier molecular flexibility index (Phi) is 6.19. The zero-order valence-electron chi connectivity index (χ0n) is 11.9. The first-order valence-electron chi connectivity index (χ1n) is 6.38. The fraction of sp³-hybridized carbons (Fsp3) is 0.0625. The lowest BCUT2D eigenvalue weighted by molar-refractivity contribution is -0.111. The van der Waals surface area contributed by atoms with Gasteiger partial charge in [0.25, 0.3) is 0 Å². The third-order valence-corrected chi connectivity index (χ3v) is 3.89. The van der Waals surface area contributed by atoms with Crippen LogP contribution in [0.3, 0.4) is 0 Å². The summed E-state index contributed by atoms with van der Waals surface area (Å²) in [4.78, 5) is 12.0. The highest BCUT2D eigenvalue weighted by molar-refractivity contribution is 6.37. The minimum absolute atomic E-state index is 0.350. The Labute approximate surface area is 153 Å². The van der Waals surface area contributed by atoms with Gasteiger partial charge in [0.1, 0.15) is 5.75 Å². The Balaban J connectivity index is 2.18. The lowest BCUT2D eigenvalue weighted by Gasteiger charge is -2.08. The van der Waals surface area contributed by atoms with E-state index in [1.54, 1.807) is 36.4 Å². The molecule has 0 radical (unpaired) electrons. The molecule has 3 nitrogen and oxygen atoms in total. The van der Waals surface area contributed by atoms with Gasteiger partial charge in [0, 0.05) is 21.7 Å². The number of methoxy groups -OCH3 is 1. The number of ether oxygens (including phenoxy) is 1. The van der Waals surface area contributed by atoms with Crippen molar-refractivity contribution < 1.29 is 9.53 Å². The molecule has 0 atom stereocenters. The van der Waals surface area contributed by atoms with Crippen molar-refractivity contribution >= 4 is 64.1 Å². The van der Waals surface area contributed by atoms with Crippen LogP contribution in [0.25, 0.3) is 6.08 Å². The molecular weight excluding hydrogens is 380 g/mol. The number of hydrogen-bond acceptors (Lipinski definition) is 2. The highest BCUT2D eigenvalue weighted by Gasteiger charge is 2.08. The van der Waals surface area contributed by atoms with Crippen LogP contribution < -0.4 is 10.1 Å². The molecule has 1 amide bonds. The van der Waals surface area contributed by atoms with E-state index in [9.17, 15) is 4.79 Å². The monoisotopic (exact) mass is 389 g/mol. The molecule has 2 aromatic rings. The standard InChI is InChI=1S/C16H11Cl4NO2/c1-23-16-9(6-11(18)8-13(16)20)2-5-15(22)21-14-4-3-10(17)7-12(14)19/h2-8H,1H3,(H,21,22)/b5-2+. The normalized spacial score (nSPS) is 10.8. The summed E-state index contributed by atoms with van der Waals surface area (Å²) < 4.78 is 5.20. The van der Waals surface area contributed by atoms with E-state index in [-0.39, 0.29) is 5.91 Å². The van der Waals surface area contributed by atoms with Gasteiger partial charge in [-0.3, -0.25) is 4.79 Å². The second-order valence-corrected chi connectivity index (χ2v) is 6.14. The van der Waals surface area contributed by atoms with Crippen molar-refractivity contribution in [3.05, 3.63) is 62.1 Å². The smallest absolute Gasteiger partial charge is 0.248 e.